The van der Waals surface area contributed by atoms with Crippen molar-refractivity contribution in [3.63, 3.8) is 0 Å². The Morgan fingerprint density at radius 2 is 1.79 bits per heavy atom. The summed E-state index contributed by atoms with van der Waals surface area (Å²) < 4.78 is 27.1. The van der Waals surface area contributed by atoms with E-state index in [1.807, 2.05) is 6.92 Å². The van der Waals surface area contributed by atoms with E-state index >= 15 is 0 Å². The molecule has 0 atom stereocenters. The summed E-state index contributed by atoms with van der Waals surface area (Å²) >= 11 is 0. The molecular weight excluding hydrogens is 260 g/mol. The van der Waals surface area contributed by atoms with Crippen molar-refractivity contribution in [2.45, 2.75) is 38.5 Å². The van der Waals surface area contributed by atoms with Gasteiger partial charge in [0.1, 0.15) is 0 Å². The first-order chi connectivity index (χ1) is 8.84. The minimum absolute atomic E-state index is 0.391. The summed E-state index contributed by atoms with van der Waals surface area (Å²) in [5.74, 6) is 0.606. The number of benzene rings is 1. The van der Waals surface area contributed by atoms with Crippen LogP contribution in [0.2, 0.25) is 0 Å². The highest BCUT2D eigenvalue weighted by Crippen LogP contribution is 2.30. The second kappa shape index (κ2) is 5.13. The normalized spacial score (nSPS) is 18.7. The SMILES string of the molecule is Cc1ccc(N)c(C)c1S(=O)(=O)N1CCC(C)CC1. The Morgan fingerprint density at radius 1 is 1.21 bits per heavy atom. The van der Waals surface area contributed by atoms with Crippen LogP contribution in [-0.4, -0.2) is 25.8 Å². The van der Waals surface area contributed by atoms with Crippen LogP contribution in [0.25, 0.3) is 0 Å². The van der Waals surface area contributed by atoms with E-state index in [1.54, 1.807) is 23.4 Å². The molecule has 1 aliphatic rings. The third kappa shape index (κ3) is 2.62. The van der Waals surface area contributed by atoms with Crippen LogP contribution < -0.4 is 5.73 Å². The number of anilines is 1. The van der Waals surface area contributed by atoms with Crippen molar-refractivity contribution < 1.29 is 8.42 Å². The van der Waals surface area contributed by atoms with Crippen LogP contribution in [0.5, 0.6) is 0 Å². The Balaban J connectivity index is 2.43. The van der Waals surface area contributed by atoms with E-state index in [1.165, 1.54) is 0 Å². The molecule has 1 aromatic carbocycles. The molecule has 19 heavy (non-hydrogen) atoms. The fourth-order valence-corrected chi connectivity index (χ4v) is 4.52. The molecule has 1 saturated heterocycles. The van der Waals surface area contributed by atoms with Gasteiger partial charge < -0.3 is 5.73 Å². The van der Waals surface area contributed by atoms with Crippen molar-refractivity contribution in [1.29, 1.82) is 0 Å². The molecule has 0 radical (unpaired) electrons. The molecular formula is C14H22N2O2S. The lowest BCUT2D eigenvalue weighted by Gasteiger charge is -2.30. The molecule has 0 bridgehead atoms. The van der Waals surface area contributed by atoms with Crippen LogP contribution in [0, 0.1) is 19.8 Å². The number of sulfonamides is 1. The van der Waals surface area contributed by atoms with E-state index in [4.69, 9.17) is 5.73 Å². The molecule has 5 heteroatoms. The molecule has 0 spiro atoms. The van der Waals surface area contributed by atoms with Gasteiger partial charge in [-0.1, -0.05) is 13.0 Å². The van der Waals surface area contributed by atoms with Gasteiger partial charge >= 0.3 is 0 Å². The highest BCUT2D eigenvalue weighted by molar-refractivity contribution is 7.89. The van der Waals surface area contributed by atoms with Crippen LogP contribution in [0.3, 0.4) is 0 Å². The van der Waals surface area contributed by atoms with Gasteiger partial charge in [-0.15, -0.1) is 0 Å². The van der Waals surface area contributed by atoms with E-state index in [9.17, 15) is 8.42 Å². The monoisotopic (exact) mass is 282 g/mol. The maximum atomic E-state index is 12.8. The Labute approximate surface area is 115 Å². The van der Waals surface area contributed by atoms with Gasteiger partial charge in [-0.05, 0) is 49.8 Å². The lowest BCUT2D eigenvalue weighted by atomic mass is 10.0. The van der Waals surface area contributed by atoms with Gasteiger partial charge in [0.15, 0.2) is 0 Å². The predicted octanol–water partition coefficient (Wildman–Crippen LogP) is 2.31. The number of aryl methyl sites for hydroxylation is 1. The zero-order valence-corrected chi connectivity index (χ0v) is 12.6. The summed E-state index contributed by atoms with van der Waals surface area (Å²) in [7, 11) is -3.42. The van der Waals surface area contributed by atoms with Crippen LogP contribution in [0.1, 0.15) is 30.9 Å². The average molecular weight is 282 g/mol. The van der Waals surface area contributed by atoms with E-state index < -0.39 is 10.0 Å². The summed E-state index contributed by atoms with van der Waals surface area (Å²) in [6.45, 7) is 6.99. The molecule has 1 aliphatic heterocycles. The first kappa shape index (κ1) is 14.3. The summed E-state index contributed by atoms with van der Waals surface area (Å²) in [5, 5.41) is 0. The molecule has 0 saturated carbocycles. The van der Waals surface area contributed by atoms with Gasteiger partial charge in [0, 0.05) is 18.8 Å². The molecule has 0 aliphatic carbocycles. The topological polar surface area (TPSA) is 63.4 Å². The fraction of sp³-hybridized carbons (Fsp3) is 0.571. The molecule has 0 amide bonds. The van der Waals surface area contributed by atoms with E-state index in [0.717, 1.165) is 18.4 Å². The van der Waals surface area contributed by atoms with Crippen molar-refractivity contribution in [1.82, 2.24) is 4.31 Å². The minimum atomic E-state index is -3.42. The molecule has 1 heterocycles. The van der Waals surface area contributed by atoms with Crippen LogP contribution in [0.15, 0.2) is 17.0 Å². The van der Waals surface area contributed by atoms with Gasteiger partial charge in [0.05, 0.1) is 4.90 Å². The van der Waals surface area contributed by atoms with Crippen LogP contribution in [-0.2, 0) is 10.0 Å². The number of nitrogens with two attached hydrogens (primary N) is 1. The smallest absolute Gasteiger partial charge is 0.243 e. The van der Waals surface area contributed by atoms with E-state index in [0.29, 0.717) is 35.2 Å². The minimum Gasteiger partial charge on any atom is -0.398 e. The highest BCUT2D eigenvalue weighted by atomic mass is 32.2. The highest BCUT2D eigenvalue weighted by Gasteiger charge is 2.30. The van der Waals surface area contributed by atoms with Gasteiger partial charge in [-0.3, -0.25) is 0 Å². The Bertz CT molecular complexity index is 573. The number of nitrogens with zero attached hydrogens (tertiary/aromatic N) is 1. The van der Waals surface area contributed by atoms with Gasteiger partial charge in [0.2, 0.25) is 10.0 Å². The van der Waals surface area contributed by atoms with Crippen molar-refractivity contribution in [2.24, 2.45) is 5.92 Å². The average Bonchev–Trinajstić information content (AvgIpc) is 2.34. The number of rotatable bonds is 2. The molecule has 106 valence electrons. The summed E-state index contributed by atoms with van der Waals surface area (Å²) in [5.41, 5.74) is 7.83. The third-order valence-corrected chi connectivity index (χ3v) is 6.17. The first-order valence-electron chi connectivity index (χ1n) is 6.70. The second-order valence-corrected chi connectivity index (χ2v) is 7.39. The molecule has 1 fully saturated rings. The summed E-state index contributed by atoms with van der Waals surface area (Å²) in [6.07, 6.45) is 1.86. The molecule has 0 unspecified atom stereocenters. The van der Waals surface area contributed by atoms with Gasteiger partial charge in [0.25, 0.3) is 0 Å². The third-order valence-electron chi connectivity index (χ3n) is 3.99. The van der Waals surface area contributed by atoms with Crippen LogP contribution >= 0.6 is 0 Å². The fourth-order valence-electron chi connectivity index (χ4n) is 2.59. The summed E-state index contributed by atoms with van der Waals surface area (Å²) in [4.78, 5) is 0.391. The van der Waals surface area contributed by atoms with Crippen molar-refractivity contribution in [3.05, 3.63) is 23.3 Å². The number of hydrogen-bond donors (Lipinski definition) is 1. The number of hydrogen-bond acceptors (Lipinski definition) is 3. The van der Waals surface area contributed by atoms with Gasteiger partial charge in [-0.25, -0.2) is 8.42 Å². The standard InChI is InChI=1S/C14H22N2O2S/c1-10-6-8-16(9-7-10)19(17,18)14-11(2)4-5-13(15)12(14)3/h4-5,10H,6-9,15H2,1-3H3. The lowest BCUT2D eigenvalue weighted by molar-refractivity contribution is 0.288. The summed E-state index contributed by atoms with van der Waals surface area (Å²) in [6, 6.07) is 3.55. The lowest BCUT2D eigenvalue weighted by Crippen LogP contribution is -2.38. The van der Waals surface area contributed by atoms with Crippen LogP contribution in [0.4, 0.5) is 5.69 Å². The zero-order valence-electron chi connectivity index (χ0n) is 11.8. The van der Waals surface area contributed by atoms with Crippen molar-refractivity contribution in [3.8, 4) is 0 Å². The van der Waals surface area contributed by atoms with E-state index in [-0.39, 0.29) is 0 Å². The molecule has 1 aromatic rings. The largest absolute Gasteiger partial charge is 0.398 e. The Hall–Kier alpha value is -1.07. The second-order valence-electron chi connectivity index (χ2n) is 5.51. The van der Waals surface area contributed by atoms with Crippen molar-refractivity contribution in [2.75, 3.05) is 18.8 Å². The molecule has 4 nitrogen and oxygen atoms in total. The molecule has 0 aromatic heterocycles. The molecule has 2 N–H and O–H groups in total. The quantitative estimate of drug-likeness (QED) is 0.847. The van der Waals surface area contributed by atoms with Crippen molar-refractivity contribution >= 4 is 15.7 Å². The maximum Gasteiger partial charge on any atom is 0.243 e. The van der Waals surface area contributed by atoms with E-state index in [2.05, 4.69) is 6.92 Å². The predicted molar refractivity (Wildman–Crippen MR) is 77.5 cm³/mol. The Kier molecular flexibility index (Phi) is 3.87. The Morgan fingerprint density at radius 3 is 2.37 bits per heavy atom. The number of piperidine rings is 1. The number of nitrogen functional groups attached to an aromatic ring is 1. The maximum absolute atomic E-state index is 12.8. The van der Waals surface area contributed by atoms with Gasteiger partial charge in [-0.2, -0.15) is 4.31 Å². The zero-order chi connectivity index (χ0) is 14.2. The first-order valence-corrected chi connectivity index (χ1v) is 8.14. The molecule has 2 rings (SSSR count).